The van der Waals surface area contributed by atoms with Crippen molar-refractivity contribution in [3.63, 3.8) is 0 Å². The molecule has 116 valence electrons. The molecule has 0 spiro atoms. The van der Waals surface area contributed by atoms with Crippen LogP contribution in [0.2, 0.25) is 0 Å². The minimum absolute atomic E-state index is 0.0269. The van der Waals surface area contributed by atoms with Gasteiger partial charge in [0.1, 0.15) is 12.4 Å². The number of thiazole rings is 1. The Labute approximate surface area is 131 Å². The van der Waals surface area contributed by atoms with Gasteiger partial charge in [-0.2, -0.15) is 0 Å². The van der Waals surface area contributed by atoms with E-state index in [-0.39, 0.29) is 35.7 Å². The van der Waals surface area contributed by atoms with Gasteiger partial charge in [-0.3, -0.25) is 14.2 Å². The average molecular weight is 320 g/mol. The predicted octanol–water partition coefficient (Wildman–Crippen LogP) is 2.55. The maximum Gasteiger partial charge on any atom is 0.307 e. The summed E-state index contributed by atoms with van der Waals surface area (Å²) in [5.41, 5.74) is 1.29. The lowest BCUT2D eigenvalue weighted by atomic mass is 10.2. The molecule has 0 radical (unpaired) electrons. The highest BCUT2D eigenvalue weighted by Crippen LogP contribution is 2.29. The fraction of sp³-hybridized carbons (Fsp3) is 0.375. The molecule has 0 N–H and O–H groups in total. The Morgan fingerprint density at radius 2 is 2.14 bits per heavy atom. The zero-order valence-electron chi connectivity index (χ0n) is 12.3. The predicted molar refractivity (Wildman–Crippen MR) is 83.3 cm³/mol. The monoisotopic (exact) mass is 320 g/mol. The van der Waals surface area contributed by atoms with Gasteiger partial charge in [-0.1, -0.05) is 29.5 Å². The third-order valence-corrected chi connectivity index (χ3v) is 4.76. The van der Waals surface area contributed by atoms with Crippen LogP contribution in [0.1, 0.15) is 24.1 Å². The number of halogens is 1. The molecule has 0 atom stereocenters. The van der Waals surface area contributed by atoms with E-state index in [0.29, 0.717) is 5.56 Å². The minimum atomic E-state index is -0.301. The second kappa shape index (κ2) is 6.04. The molecule has 0 aliphatic heterocycles. The second-order valence-electron chi connectivity index (χ2n) is 5.57. The number of rotatable bonds is 5. The number of carbonyl (C=O) groups is 1. The van der Waals surface area contributed by atoms with Crippen LogP contribution in [0.15, 0.2) is 34.4 Å². The minimum Gasteiger partial charge on any atom is -0.334 e. The Morgan fingerprint density at radius 3 is 2.73 bits per heavy atom. The molecule has 4 nitrogen and oxygen atoms in total. The third-order valence-electron chi connectivity index (χ3n) is 3.88. The lowest BCUT2D eigenvalue weighted by Gasteiger charge is -2.23. The molecule has 1 aliphatic carbocycles. The summed E-state index contributed by atoms with van der Waals surface area (Å²) in [6.45, 7) is 2.09. The van der Waals surface area contributed by atoms with Gasteiger partial charge in [0.15, 0.2) is 0 Å². The summed E-state index contributed by atoms with van der Waals surface area (Å²) in [7, 11) is 0. The average Bonchev–Trinajstić information content (AvgIpc) is 3.28. The molecule has 0 saturated heterocycles. The van der Waals surface area contributed by atoms with Crippen molar-refractivity contribution >= 4 is 17.2 Å². The van der Waals surface area contributed by atoms with Crippen molar-refractivity contribution in [3.8, 4) is 0 Å². The fourth-order valence-corrected chi connectivity index (χ4v) is 3.17. The maximum atomic E-state index is 13.8. The molecule has 1 aromatic heterocycles. The van der Waals surface area contributed by atoms with Crippen molar-refractivity contribution < 1.29 is 9.18 Å². The van der Waals surface area contributed by atoms with Gasteiger partial charge in [-0.25, -0.2) is 4.39 Å². The summed E-state index contributed by atoms with van der Waals surface area (Å²) >= 11 is 1.09. The standard InChI is InChI=1S/C16H17FN2O2S/c1-11-10-22-16(21)18(11)9-15(20)19(13-6-7-13)8-12-4-2-3-5-14(12)17/h2-5,10,13H,6-9H2,1H3. The number of aromatic nitrogens is 1. The lowest BCUT2D eigenvalue weighted by Crippen LogP contribution is -2.37. The van der Waals surface area contributed by atoms with E-state index in [4.69, 9.17) is 0 Å². The van der Waals surface area contributed by atoms with E-state index in [9.17, 15) is 14.0 Å². The molecular weight excluding hydrogens is 303 g/mol. The summed E-state index contributed by atoms with van der Waals surface area (Å²) in [5, 5.41) is 1.74. The van der Waals surface area contributed by atoms with Gasteiger partial charge >= 0.3 is 4.87 Å². The second-order valence-corrected chi connectivity index (χ2v) is 6.39. The number of hydrogen-bond acceptors (Lipinski definition) is 3. The van der Waals surface area contributed by atoms with E-state index >= 15 is 0 Å². The van der Waals surface area contributed by atoms with E-state index in [2.05, 4.69) is 0 Å². The maximum absolute atomic E-state index is 13.8. The van der Waals surface area contributed by atoms with Gasteiger partial charge in [0.25, 0.3) is 0 Å². The SMILES string of the molecule is Cc1csc(=O)n1CC(=O)N(Cc1ccccc1F)C1CC1. The van der Waals surface area contributed by atoms with Crippen LogP contribution in [0.25, 0.3) is 0 Å². The molecule has 22 heavy (non-hydrogen) atoms. The van der Waals surface area contributed by atoms with E-state index in [1.807, 2.05) is 6.92 Å². The van der Waals surface area contributed by atoms with Crippen molar-refractivity contribution in [1.82, 2.24) is 9.47 Å². The number of carbonyl (C=O) groups excluding carboxylic acids is 1. The van der Waals surface area contributed by atoms with Crippen LogP contribution in [0, 0.1) is 12.7 Å². The number of aryl methyl sites for hydroxylation is 1. The molecule has 1 fully saturated rings. The first-order valence-electron chi connectivity index (χ1n) is 7.24. The number of hydrogen-bond donors (Lipinski definition) is 0. The molecule has 0 unspecified atom stereocenters. The molecule has 3 rings (SSSR count). The van der Waals surface area contributed by atoms with Crippen molar-refractivity contribution in [3.05, 3.63) is 56.4 Å². The third kappa shape index (κ3) is 3.11. The first kappa shape index (κ1) is 15.0. The van der Waals surface area contributed by atoms with Crippen LogP contribution in [0.3, 0.4) is 0 Å². The summed E-state index contributed by atoms with van der Waals surface area (Å²) in [6, 6.07) is 6.66. The Hall–Kier alpha value is -1.95. The van der Waals surface area contributed by atoms with E-state index in [1.54, 1.807) is 28.5 Å². The van der Waals surface area contributed by atoms with E-state index < -0.39 is 0 Å². The van der Waals surface area contributed by atoms with Crippen LogP contribution < -0.4 is 4.87 Å². The quantitative estimate of drug-likeness (QED) is 0.850. The fourth-order valence-electron chi connectivity index (χ4n) is 2.44. The van der Waals surface area contributed by atoms with Gasteiger partial charge in [0.05, 0.1) is 0 Å². The number of benzene rings is 1. The highest BCUT2D eigenvalue weighted by Gasteiger charge is 2.33. The molecule has 2 aromatic rings. The molecule has 1 heterocycles. The zero-order chi connectivity index (χ0) is 15.7. The first-order chi connectivity index (χ1) is 10.6. The molecule has 1 aliphatic rings. The Kier molecular flexibility index (Phi) is 4.11. The van der Waals surface area contributed by atoms with Crippen LogP contribution in [0.5, 0.6) is 0 Å². The van der Waals surface area contributed by atoms with Crippen LogP contribution in [-0.2, 0) is 17.9 Å². The summed E-state index contributed by atoms with van der Waals surface area (Å²) < 4.78 is 15.3. The molecule has 1 amide bonds. The number of amides is 1. The van der Waals surface area contributed by atoms with Crippen molar-refractivity contribution in [2.24, 2.45) is 0 Å². The van der Waals surface area contributed by atoms with Crippen LogP contribution in [0.4, 0.5) is 4.39 Å². The topological polar surface area (TPSA) is 42.3 Å². The zero-order valence-corrected chi connectivity index (χ0v) is 13.1. The molecule has 1 saturated carbocycles. The van der Waals surface area contributed by atoms with Crippen LogP contribution in [-0.4, -0.2) is 21.4 Å². The van der Waals surface area contributed by atoms with E-state index in [0.717, 1.165) is 29.9 Å². The van der Waals surface area contributed by atoms with Crippen molar-refractivity contribution in [1.29, 1.82) is 0 Å². The number of nitrogens with zero attached hydrogens (tertiary/aromatic N) is 2. The van der Waals surface area contributed by atoms with Crippen LogP contribution >= 0.6 is 11.3 Å². The van der Waals surface area contributed by atoms with Gasteiger partial charge in [-0.05, 0) is 25.8 Å². The normalized spacial score (nSPS) is 14.1. The molecular formula is C16H17FN2O2S. The molecule has 1 aromatic carbocycles. The summed E-state index contributed by atoms with van der Waals surface area (Å²) in [4.78, 5) is 25.9. The van der Waals surface area contributed by atoms with Gasteiger partial charge in [0, 0.05) is 29.2 Å². The van der Waals surface area contributed by atoms with E-state index in [1.165, 1.54) is 10.6 Å². The van der Waals surface area contributed by atoms with Gasteiger partial charge in [0.2, 0.25) is 5.91 Å². The largest absolute Gasteiger partial charge is 0.334 e. The van der Waals surface area contributed by atoms with Gasteiger partial charge < -0.3 is 4.90 Å². The Balaban J connectivity index is 1.78. The highest BCUT2D eigenvalue weighted by atomic mass is 32.1. The highest BCUT2D eigenvalue weighted by molar-refractivity contribution is 7.07. The smallest absolute Gasteiger partial charge is 0.307 e. The lowest BCUT2D eigenvalue weighted by molar-refractivity contribution is -0.133. The Bertz CT molecular complexity index is 749. The summed E-state index contributed by atoms with van der Waals surface area (Å²) in [6.07, 6.45) is 1.88. The molecule has 0 bridgehead atoms. The van der Waals surface area contributed by atoms with Crippen molar-refractivity contribution in [2.75, 3.05) is 0 Å². The first-order valence-corrected chi connectivity index (χ1v) is 8.12. The Morgan fingerprint density at radius 1 is 1.41 bits per heavy atom. The molecule has 6 heteroatoms. The van der Waals surface area contributed by atoms with Gasteiger partial charge in [-0.15, -0.1) is 0 Å². The van der Waals surface area contributed by atoms with Crippen molar-refractivity contribution in [2.45, 2.75) is 38.9 Å². The summed E-state index contributed by atoms with van der Waals surface area (Å²) in [5.74, 6) is -0.431.